The lowest BCUT2D eigenvalue weighted by molar-refractivity contribution is -0.137. The number of hydrogen-bond donors (Lipinski definition) is 2. The molecule has 2 rings (SSSR count). The Morgan fingerprint density at radius 1 is 1.67 bits per heavy atom. The number of carboxylic acids is 1. The van der Waals surface area contributed by atoms with Crippen LogP contribution < -0.4 is 5.56 Å². The third-order valence-corrected chi connectivity index (χ3v) is 2.98. The number of H-pyrrole nitrogens is 1. The maximum absolute atomic E-state index is 11.8. The van der Waals surface area contributed by atoms with E-state index in [1.54, 1.807) is 0 Å². The zero-order chi connectivity index (χ0) is 13.3. The normalized spacial score (nSPS) is 12.8. The molecule has 2 aromatic heterocycles. The average molecular weight is 315 g/mol. The monoisotopic (exact) mass is 314 g/mol. The molecule has 0 fully saturated rings. The van der Waals surface area contributed by atoms with Crippen LogP contribution >= 0.6 is 15.9 Å². The highest BCUT2D eigenvalue weighted by atomic mass is 79.9. The smallest absolute Gasteiger partial charge is 0.303 e. The number of nitrogens with one attached hydrogen (secondary N) is 1. The van der Waals surface area contributed by atoms with E-state index in [1.807, 2.05) is 6.92 Å². The molecule has 0 amide bonds. The maximum atomic E-state index is 11.8. The van der Waals surface area contributed by atoms with Gasteiger partial charge in [-0.05, 0) is 28.3 Å². The van der Waals surface area contributed by atoms with Gasteiger partial charge in [0.15, 0.2) is 0 Å². The van der Waals surface area contributed by atoms with Crippen LogP contribution in [0.5, 0.6) is 0 Å². The molecule has 0 aliphatic carbocycles. The van der Waals surface area contributed by atoms with Crippen molar-refractivity contribution in [1.82, 2.24) is 19.6 Å². The average Bonchev–Trinajstić information content (AvgIpc) is 2.67. The van der Waals surface area contributed by atoms with Gasteiger partial charge in [0.05, 0.1) is 0 Å². The molecule has 0 unspecified atom stereocenters. The Balaban J connectivity index is 2.33. The predicted octanol–water partition coefficient (Wildman–Crippen LogP) is 1.15. The van der Waals surface area contributed by atoms with Gasteiger partial charge >= 0.3 is 5.97 Å². The second-order valence-corrected chi connectivity index (χ2v) is 4.72. The van der Waals surface area contributed by atoms with Crippen molar-refractivity contribution in [2.45, 2.75) is 25.7 Å². The predicted molar refractivity (Wildman–Crippen MR) is 66.6 cm³/mol. The molecule has 0 saturated heterocycles. The summed E-state index contributed by atoms with van der Waals surface area (Å²) in [6, 6.07) is 1.42. The summed E-state index contributed by atoms with van der Waals surface area (Å²) in [5.74, 6) is -0.573. The number of fused-ring (bicyclic) bond motifs is 1. The van der Waals surface area contributed by atoms with Crippen molar-refractivity contribution in [3.8, 4) is 0 Å². The number of halogens is 1. The molecule has 0 aliphatic heterocycles. The Kier molecular flexibility index (Phi) is 3.46. The third-order valence-electron chi connectivity index (χ3n) is 2.65. The summed E-state index contributed by atoms with van der Waals surface area (Å²) >= 11 is 3.09. The van der Waals surface area contributed by atoms with Crippen molar-refractivity contribution in [2.75, 3.05) is 0 Å². The van der Waals surface area contributed by atoms with Gasteiger partial charge in [-0.15, -0.1) is 5.10 Å². The molecule has 0 bridgehead atoms. The molecule has 1 atom stereocenters. The summed E-state index contributed by atoms with van der Waals surface area (Å²) < 4.78 is 1.48. The van der Waals surface area contributed by atoms with E-state index in [0.29, 0.717) is 22.6 Å². The highest BCUT2D eigenvalue weighted by Gasteiger charge is 2.12. The molecule has 18 heavy (non-hydrogen) atoms. The molecule has 2 aromatic rings. The second-order valence-electron chi connectivity index (χ2n) is 4.01. The fourth-order valence-electron chi connectivity index (χ4n) is 1.64. The Morgan fingerprint density at radius 3 is 3.06 bits per heavy atom. The molecule has 0 aromatic carbocycles. The van der Waals surface area contributed by atoms with Gasteiger partial charge in [-0.1, -0.05) is 6.92 Å². The van der Waals surface area contributed by atoms with Crippen LogP contribution in [0.4, 0.5) is 0 Å². The summed E-state index contributed by atoms with van der Waals surface area (Å²) in [6.45, 7) is 1.86. The molecule has 8 heteroatoms. The number of rotatable bonds is 4. The van der Waals surface area contributed by atoms with Crippen LogP contribution in [0, 0.1) is 0 Å². The fourth-order valence-corrected chi connectivity index (χ4v) is 1.97. The van der Waals surface area contributed by atoms with Crippen LogP contribution in [0.15, 0.2) is 15.6 Å². The summed E-state index contributed by atoms with van der Waals surface area (Å²) in [5.41, 5.74) is 0.368. The van der Waals surface area contributed by atoms with Gasteiger partial charge in [-0.2, -0.15) is 9.50 Å². The zero-order valence-electron chi connectivity index (χ0n) is 9.55. The Bertz CT molecular complexity index is 648. The molecule has 96 valence electrons. The Hall–Kier alpha value is -1.70. The molecule has 0 radical (unpaired) electrons. The van der Waals surface area contributed by atoms with Gasteiger partial charge in [0.25, 0.3) is 5.56 Å². The van der Waals surface area contributed by atoms with Gasteiger partial charge < -0.3 is 10.1 Å². The first-order valence-electron chi connectivity index (χ1n) is 5.34. The minimum atomic E-state index is -0.851. The van der Waals surface area contributed by atoms with E-state index in [1.165, 1.54) is 6.07 Å². The number of aliphatic carboxylic acids is 1. The summed E-state index contributed by atoms with van der Waals surface area (Å²) in [7, 11) is 0. The number of carboxylic acid groups (broad SMARTS) is 1. The number of carbonyl (C=O) groups is 1. The highest BCUT2D eigenvalue weighted by Crippen LogP contribution is 2.17. The summed E-state index contributed by atoms with van der Waals surface area (Å²) in [6.07, 6.45) is 0.515. The van der Waals surface area contributed by atoms with Gasteiger partial charge in [-0.3, -0.25) is 9.59 Å². The third kappa shape index (κ3) is 2.58. The van der Waals surface area contributed by atoms with Crippen LogP contribution in [0.2, 0.25) is 0 Å². The van der Waals surface area contributed by atoms with Crippen molar-refractivity contribution in [1.29, 1.82) is 0 Å². The lowest BCUT2D eigenvalue weighted by Crippen LogP contribution is -2.17. The molecule has 7 nitrogen and oxygen atoms in total. The SMILES string of the molecule is C[C@H](CCC(=O)O)c1cc(=O)n2nc(Br)nc2[nH]1. The minimum Gasteiger partial charge on any atom is -0.481 e. The van der Waals surface area contributed by atoms with E-state index in [2.05, 4.69) is 31.0 Å². The van der Waals surface area contributed by atoms with Gasteiger partial charge in [0.2, 0.25) is 10.5 Å². The quantitative estimate of drug-likeness (QED) is 0.881. The van der Waals surface area contributed by atoms with Crippen LogP contribution in [0.1, 0.15) is 31.4 Å². The van der Waals surface area contributed by atoms with Crippen molar-refractivity contribution >= 4 is 27.7 Å². The van der Waals surface area contributed by atoms with Gasteiger partial charge in [-0.25, -0.2) is 0 Å². The topological polar surface area (TPSA) is 100 Å². The molecule has 0 spiro atoms. The first-order chi connectivity index (χ1) is 8.47. The molecular weight excluding hydrogens is 304 g/mol. The minimum absolute atomic E-state index is 0.0603. The lowest BCUT2D eigenvalue weighted by Gasteiger charge is -2.09. The van der Waals surface area contributed by atoms with E-state index in [9.17, 15) is 9.59 Å². The van der Waals surface area contributed by atoms with Crippen LogP contribution in [-0.2, 0) is 4.79 Å². The highest BCUT2D eigenvalue weighted by molar-refractivity contribution is 9.10. The van der Waals surface area contributed by atoms with Crippen molar-refractivity contribution in [3.63, 3.8) is 0 Å². The van der Waals surface area contributed by atoms with Crippen molar-refractivity contribution in [3.05, 3.63) is 26.8 Å². The molecule has 2 N–H and O–H groups in total. The number of aromatic nitrogens is 4. The largest absolute Gasteiger partial charge is 0.481 e. The van der Waals surface area contributed by atoms with Crippen molar-refractivity contribution < 1.29 is 9.90 Å². The van der Waals surface area contributed by atoms with E-state index >= 15 is 0 Å². The fraction of sp³-hybridized carbons (Fsp3) is 0.400. The van der Waals surface area contributed by atoms with E-state index in [4.69, 9.17) is 5.11 Å². The summed E-state index contributed by atoms with van der Waals surface area (Å²) in [4.78, 5) is 29.3. The van der Waals surface area contributed by atoms with Crippen LogP contribution in [-0.4, -0.2) is 30.7 Å². The first-order valence-corrected chi connectivity index (χ1v) is 6.14. The van der Waals surface area contributed by atoms with E-state index < -0.39 is 5.97 Å². The standard InChI is InChI=1S/C10H11BrN4O3/c1-5(2-3-8(17)18)6-4-7(16)15-10(12-6)13-9(11)14-15/h4-5H,2-3H2,1H3,(H,17,18)(H,12,13,14)/t5-/m1/s1. The first kappa shape index (κ1) is 12.7. The lowest BCUT2D eigenvalue weighted by atomic mass is 10.0. The molecular formula is C10H11BrN4O3. The van der Waals surface area contributed by atoms with E-state index in [-0.39, 0.29) is 17.9 Å². The van der Waals surface area contributed by atoms with Crippen LogP contribution in [0.25, 0.3) is 5.78 Å². The van der Waals surface area contributed by atoms with Crippen molar-refractivity contribution in [2.24, 2.45) is 0 Å². The van der Waals surface area contributed by atoms with Gasteiger partial charge in [0, 0.05) is 18.2 Å². The number of aromatic amines is 1. The molecule has 2 heterocycles. The molecule has 0 aliphatic rings. The van der Waals surface area contributed by atoms with Gasteiger partial charge in [0.1, 0.15) is 0 Å². The Labute approximate surface area is 110 Å². The zero-order valence-corrected chi connectivity index (χ0v) is 11.1. The van der Waals surface area contributed by atoms with Crippen LogP contribution in [0.3, 0.4) is 0 Å². The Morgan fingerprint density at radius 2 is 2.39 bits per heavy atom. The summed E-state index contributed by atoms with van der Waals surface area (Å²) in [5, 5.41) is 12.5. The second kappa shape index (κ2) is 4.89. The maximum Gasteiger partial charge on any atom is 0.303 e. The number of hydrogen-bond acceptors (Lipinski definition) is 4. The molecule has 0 saturated carbocycles. The number of nitrogens with zero attached hydrogens (tertiary/aromatic N) is 3. The van der Waals surface area contributed by atoms with E-state index in [0.717, 1.165) is 4.52 Å².